The number of amides is 1. The minimum atomic E-state index is -0.276. The zero-order valence-corrected chi connectivity index (χ0v) is 11.9. The van der Waals surface area contributed by atoms with E-state index in [4.69, 9.17) is 0 Å². The molecule has 0 aliphatic heterocycles. The van der Waals surface area contributed by atoms with Crippen LogP contribution in [0.1, 0.15) is 31.4 Å². The molecule has 1 aliphatic rings. The van der Waals surface area contributed by atoms with Crippen LogP contribution < -0.4 is 10.2 Å². The number of aryl methyl sites for hydroxylation is 1. The average molecular weight is 284 g/mol. The second kappa shape index (κ2) is 6.34. The van der Waals surface area contributed by atoms with Gasteiger partial charge in [-0.15, -0.1) is 0 Å². The molecule has 0 saturated heterocycles. The molecule has 106 valence electrons. The van der Waals surface area contributed by atoms with Gasteiger partial charge in [-0.3, -0.25) is 9.59 Å². The average Bonchev–Trinajstić information content (AvgIpc) is 2.92. The van der Waals surface area contributed by atoms with Crippen LogP contribution in [0.4, 0.5) is 0 Å². The lowest BCUT2D eigenvalue weighted by Crippen LogP contribution is -2.33. The van der Waals surface area contributed by atoms with Crippen molar-refractivity contribution in [1.82, 2.24) is 9.88 Å². The summed E-state index contributed by atoms with van der Waals surface area (Å²) < 4.78 is 1.62. The number of carbonyl (C=O) groups excluding carboxylic acids is 1. The summed E-state index contributed by atoms with van der Waals surface area (Å²) in [6, 6.07) is 0. The molecule has 0 radical (unpaired) electrons. The van der Waals surface area contributed by atoms with Crippen LogP contribution in [-0.4, -0.2) is 28.2 Å². The first-order valence-electron chi connectivity index (χ1n) is 6.67. The Bertz CT molecular complexity index is 494. The van der Waals surface area contributed by atoms with Crippen LogP contribution in [0.2, 0.25) is 0 Å². The summed E-state index contributed by atoms with van der Waals surface area (Å²) in [7, 11) is 0. The van der Waals surface area contributed by atoms with E-state index < -0.39 is 0 Å². The van der Waals surface area contributed by atoms with Gasteiger partial charge in [0.15, 0.2) is 0 Å². The van der Waals surface area contributed by atoms with Crippen molar-refractivity contribution >= 4 is 17.2 Å². The van der Waals surface area contributed by atoms with Crippen LogP contribution >= 0.6 is 11.3 Å². The van der Waals surface area contributed by atoms with Gasteiger partial charge in [0.2, 0.25) is 5.91 Å². The Labute approximate surface area is 116 Å². The molecule has 19 heavy (non-hydrogen) atoms. The van der Waals surface area contributed by atoms with E-state index >= 15 is 0 Å². The lowest BCUT2D eigenvalue weighted by molar-refractivity contribution is -0.121. The highest BCUT2D eigenvalue weighted by atomic mass is 32.1. The normalized spacial score (nSPS) is 22.6. The van der Waals surface area contributed by atoms with E-state index in [9.17, 15) is 14.7 Å². The molecule has 1 aromatic rings. The standard InChI is InChI=1S/C13H20N2O3S/c1-9-8-19-13(18)15(9)6-5-12(17)14-7-10-3-2-4-11(10)16/h8,10-11,16H,2-7H2,1H3,(H,14,17). The summed E-state index contributed by atoms with van der Waals surface area (Å²) in [5.74, 6) is 0.131. The number of nitrogens with zero attached hydrogens (tertiary/aromatic N) is 1. The number of aliphatic hydroxyl groups excluding tert-OH is 1. The molecule has 1 heterocycles. The van der Waals surface area contributed by atoms with Gasteiger partial charge in [0.1, 0.15) is 0 Å². The molecular formula is C13H20N2O3S. The van der Waals surface area contributed by atoms with Crippen LogP contribution in [0, 0.1) is 12.8 Å². The number of carbonyl (C=O) groups is 1. The molecule has 1 amide bonds. The maximum absolute atomic E-state index is 11.7. The number of nitrogens with one attached hydrogen (secondary N) is 1. The first kappa shape index (κ1) is 14.3. The van der Waals surface area contributed by atoms with Gasteiger partial charge in [0, 0.05) is 36.5 Å². The summed E-state index contributed by atoms with van der Waals surface area (Å²) in [5, 5.41) is 14.3. The van der Waals surface area contributed by atoms with Crippen molar-refractivity contribution in [2.75, 3.05) is 6.54 Å². The molecule has 2 rings (SSSR count). The second-order valence-corrected chi connectivity index (χ2v) is 5.93. The number of aromatic nitrogens is 1. The predicted molar refractivity (Wildman–Crippen MR) is 74.3 cm³/mol. The summed E-state index contributed by atoms with van der Waals surface area (Å²) in [5.41, 5.74) is 0.897. The van der Waals surface area contributed by atoms with Crippen molar-refractivity contribution < 1.29 is 9.90 Å². The van der Waals surface area contributed by atoms with Gasteiger partial charge in [-0.2, -0.15) is 0 Å². The third-order valence-corrected chi connectivity index (χ3v) is 4.60. The zero-order valence-electron chi connectivity index (χ0n) is 11.1. The van der Waals surface area contributed by atoms with E-state index in [0.29, 0.717) is 19.5 Å². The van der Waals surface area contributed by atoms with Crippen LogP contribution in [-0.2, 0) is 11.3 Å². The lowest BCUT2D eigenvalue weighted by Gasteiger charge is -2.15. The molecule has 0 spiro atoms. The Morgan fingerprint density at radius 1 is 1.58 bits per heavy atom. The Kier molecular flexibility index (Phi) is 4.76. The predicted octanol–water partition coefficient (Wildman–Crippen LogP) is 0.886. The van der Waals surface area contributed by atoms with Crippen molar-refractivity contribution in [3.63, 3.8) is 0 Å². The van der Waals surface area contributed by atoms with Gasteiger partial charge in [-0.05, 0) is 19.8 Å². The Morgan fingerprint density at radius 2 is 2.37 bits per heavy atom. The highest BCUT2D eigenvalue weighted by Gasteiger charge is 2.25. The molecule has 0 aromatic carbocycles. The molecule has 2 N–H and O–H groups in total. The van der Waals surface area contributed by atoms with E-state index in [1.807, 2.05) is 6.92 Å². The Morgan fingerprint density at radius 3 is 2.95 bits per heavy atom. The van der Waals surface area contributed by atoms with E-state index in [1.54, 1.807) is 9.95 Å². The smallest absolute Gasteiger partial charge is 0.307 e. The van der Waals surface area contributed by atoms with Gasteiger partial charge >= 0.3 is 4.87 Å². The molecule has 1 aromatic heterocycles. The molecule has 1 fully saturated rings. The zero-order chi connectivity index (χ0) is 13.8. The molecule has 2 atom stereocenters. The molecule has 1 saturated carbocycles. The molecule has 2 unspecified atom stereocenters. The fourth-order valence-corrected chi connectivity index (χ4v) is 3.24. The van der Waals surface area contributed by atoms with Crippen LogP contribution in [0.15, 0.2) is 10.2 Å². The highest BCUT2D eigenvalue weighted by molar-refractivity contribution is 7.07. The van der Waals surface area contributed by atoms with Crippen molar-refractivity contribution in [3.8, 4) is 0 Å². The number of rotatable bonds is 5. The maximum Gasteiger partial charge on any atom is 0.307 e. The number of hydrogen-bond donors (Lipinski definition) is 2. The largest absolute Gasteiger partial charge is 0.393 e. The Hall–Kier alpha value is -1.14. The second-order valence-electron chi connectivity index (χ2n) is 5.11. The minimum absolute atomic E-state index is 0.0171. The molecule has 1 aliphatic carbocycles. The molecule has 5 nitrogen and oxygen atoms in total. The van der Waals surface area contributed by atoms with Crippen molar-refractivity contribution in [2.24, 2.45) is 5.92 Å². The fraction of sp³-hybridized carbons (Fsp3) is 0.692. The van der Waals surface area contributed by atoms with E-state index in [-0.39, 0.29) is 22.8 Å². The highest BCUT2D eigenvalue weighted by Crippen LogP contribution is 2.24. The van der Waals surface area contributed by atoms with Gasteiger partial charge < -0.3 is 15.0 Å². The van der Waals surface area contributed by atoms with E-state index in [0.717, 1.165) is 36.3 Å². The number of aliphatic hydroxyl groups is 1. The topological polar surface area (TPSA) is 71.3 Å². The van der Waals surface area contributed by atoms with Gasteiger partial charge in [-0.25, -0.2) is 0 Å². The van der Waals surface area contributed by atoms with E-state index in [2.05, 4.69) is 5.32 Å². The first-order valence-corrected chi connectivity index (χ1v) is 7.55. The number of hydrogen-bond acceptors (Lipinski definition) is 4. The monoisotopic (exact) mass is 284 g/mol. The summed E-state index contributed by atoms with van der Waals surface area (Å²) in [4.78, 5) is 23.2. The molecule has 6 heteroatoms. The molecule has 0 bridgehead atoms. The summed E-state index contributed by atoms with van der Waals surface area (Å²) >= 11 is 1.16. The van der Waals surface area contributed by atoms with Gasteiger partial charge in [-0.1, -0.05) is 17.8 Å². The van der Waals surface area contributed by atoms with Crippen LogP contribution in [0.3, 0.4) is 0 Å². The first-order chi connectivity index (χ1) is 9.08. The van der Waals surface area contributed by atoms with Crippen molar-refractivity contribution in [3.05, 3.63) is 20.7 Å². The van der Waals surface area contributed by atoms with E-state index in [1.165, 1.54) is 0 Å². The molecular weight excluding hydrogens is 264 g/mol. The minimum Gasteiger partial charge on any atom is -0.393 e. The summed E-state index contributed by atoms with van der Waals surface area (Å²) in [6.07, 6.45) is 2.88. The quantitative estimate of drug-likeness (QED) is 0.843. The third-order valence-electron chi connectivity index (χ3n) is 3.72. The van der Waals surface area contributed by atoms with Crippen molar-refractivity contribution in [2.45, 2.75) is 45.3 Å². The Balaban J connectivity index is 1.74. The number of thiazole rings is 1. The third kappa shape index (κ3) is 3.67. The van der Waals surface area contributed by atoms with Crippen LogP contribution in [0.25, 0.3) is 0 Å². The van der Waals surface area contributed by atoms with Gasteiger partial charge in [0.25, 0.3) is 0 Å². The SMILES string of the molecule is Cc1csc(=O)n1CCC(=O)NCC1CCCC1O. The summed E-state index contributed by atoms with van der Waals surface area (Å²) in [6.45, 7) is 2.83. The van der Waals surface area contributed by atoms with Gasteiger partial charge in [0.05, 0.1) is 6.10 Å². The maximum atomic E-state index is 11.7. The van der Waals surface area contributed by atoms with Crippen LogP contribution in [0.5, 0.6) is 0 Å². The lowest BCUT2D eigenvalue weighted by atomic mass is 10.1. The fourth-order valence-electron chi connectivity index (χ4n) is 2.48. The van der Waals surface area contributed by atoms with Crippen molar-refractivity contribution in [1.29, 1.82) is 0 Å².